The Bertz CT molecular complexity index is 952. The molecule has 0 bridgehead atoms. The van der Waals surface area contributed by atoms with Gasteiger partial charge in [-0.3, -0.25) is 9.59 Å². The first kappa shape index (κ1) is 21.8. The zero-order valence-electron chi connectivity index (χ0n) is 17.8. The average molecular weight is 415 g/mol. The number of nitrogens with one attached hydrogen (secondary N) is 1. The summed E-state index contributed by atoms with van der Waals surface area (Å²) >= 11 is 0. The molecular weight excluding hydrogens is 386 g/mol. The van der Waals surface area contributed by atoms with E-state index in [9.17, 15) is 14.7 Å². The van der Waals surface area contributed by atoms with Gasteiger partial charge in [0.1, 0.15) is 5.75 Å². The number of rotatable bonds is 8. The van der Waals surface area contributed by atoms with Crippen LogP contribution in [0.3, 0.4) is 0 Å². The van der Waals surface area contributed by atoms with E-state index in [0.717, 1.165) is 5.39 Å². The highest BCUT2D eigenvalue weighted by Crippen LogP contribution is 2.32. The smallest absolute Gasteiger partial charge is 0.252 e. The molecule has 0 saturated carbocycles. The minimum atomic E-state index is -1.05. The lowest BCUT2D eigenvalue weighted by molar-refractivity contribution is -0.128. The van der Waals surface area contributed by atoms with E-state index in [1.807, 2.05) is 13.8 Å². The summed E-state index contributed by atoms with van der Waals surface area (Å²) in [5.41, 5.74) is 4.76. The highest BCUT2D eigenvalue weighted by molar-refractivity contribution is 6.01. The van der Waals surface area contributed by atoms with Crippen LogP contribution in [0.4, 0.5) is 0 Å². The Morgan fingerprint density at radius 3 is 2.73 bits per heavy atom. The summed E-state index contributed by atoms with van der Waals surface area (Å²) in [7, 11) is 0. The van der Waals surface area contributed by atoms with Crippen LogP contribution < -0.4 is 20.5 Å². The Balaban J connectivity index is 1.75. The van der Waals surface area contributed by atoms with Gasteiger partial charge in [-0.25, -0.2) is 4.98 Å². The monoisotopic (exact) mass is 415 g/mol. The molecule has 2 aromatic rings. The van der Waals surface area contributed by atoms with Gasteiger partial charge in [0.15, 0.2) is 0 Å². The molecule has 0 aliphatic carbocycles. The van der Waals surface area contributed by atoms with Gasteiger partial charge < -0.3 is 25.6 Å². The van der Waals surface area contributed by atoms with E-state index in [2.05, 4.69) is 10.3 Å². The van der Waals surface area contributed by atoms with Crippen LogP contribution in [0.15, 0.2) is 24.4 Å². The SMILES string of the molecule is CC(C)Oc1cc2c(OCC[C@@H]3C[C@H](C(C)(C)O)C(=O)N3)nccc2cc1C(N)=O. The van der Waals surface area contributed by atoms with Gasteiger partial charge in [0.2, 0.25) is 11.8 Å². The van der Waals surface area contributed by atoms with Crippen LogP contribution in [-0.2, 0) is 4.79 Å². The largest absolute Gasteiger partial charge is 0.490 e. The van der Waals surface area contributed by atoms with Crippen molar-refractivity contribution in [3.63, 3.8) is 0 Å². The second kappa shape index (κ2) is 8.47. The normalized spacial score (nSPS) is 19.2. The molecule has 1 aliphatic rings. The van der Waals surface area contributed by atoms with E-state index in [1.165, 1.54) is 0 Å². The summed E-state index contributed by atoms with van der Waals surface area (Å²) in [4.78, 5) is 28.2. The standard InChI is InChI=1S/C22H29N3O5/c1-12(2)30-18-11-15-13(9-16(18)19(23)26)5-7-24-21(15)29-8-6-14-10-17(20(27)25-14)22(3,4)28/h5,7,9,11-12,14,17,28H,6,8,10H2,1-4H3,(H2,23,26)(H,25,27)/t14-,17+/m1/s1. The van der Waals surface area contributed by atoms with E-state index in [4.69, 9.17) is 15.2 Å². The predicted molar refractivity (Wildman–Crippen MR) is 112 cm³/mol. The summed E-state index contributed by atoms with van der Waals surface area (Å²) in [6, 6.07) is 5.11. The van der Waals surface area contributed by atoms with Crippen LogP contribution >= 0.6 is 0 Å². The number of fused-ring (bicyclic) bond motifs is 1. The quantitative estimate of drug-likeness (QED) is 0.607. The maximum atomic E-state index is 12.1. The zero-order valence-corrected chi connectivity index (χ0v) is 17.8. The van der Waals surface area contributed by atoms with Crippen molar-refractivity contribution < 1.29 is 24.2 Å². The summed E-state index contributed by atoms with van der Waals surface area (Å²) in [5.74, 6) is -0.323. The first-order valence-corrected chi connectivity index (χ1v) is 10.1. The molecule has 3 rings (SSSR count). The minimum Gasteiger partial charge on any atom is -0.490 e. The molecular formula is C22H29N3O5. The molecule has 2 atom stereocenters. The molecule has 8 heteroatoms. The van der Waals surface area contributed by atoms with Gasteiger partial charge in [-0.2, -0.15) is 0 Å². The number of hydrogen-bond donors (Lipinski definition) is 3. The third-order valence-electron chi connectivity index (χ3n) is 5.20. The van der Waals surface area contributed by atoms with Crippen LogP contribution in [0.1, 0.15) is 50.9 Å². The molecule has 1 aliphatic heterocycles. The molecule has 1 aromatic heterocycles. The van der Waals surface area contributed by atoms with E-state index in [0.29, 0.717) is 42.0 Å². The summed E-state index contributed by atoms with van der Waals surface area (Å²) in [5, 5.41) is 14.5. The maximum Gasteiger partial charge on any atom is 0.252 e. The lowest BCUT2D eigenvalue weighted by atomic mass is 9.88. The molecule has 1 saturated heterocycles. The van der Waals surface area contributed by atoms with Crippen LogP contribution in [0.25, 0.3) is 10.8 Å². The van der Waals surface area contributed by atoms with Gasteiger partial charge >= 0.3 is 0 Å². The number of amides is 2. The number of nitrogens with two attached hydrogens (primary N) is 1. The van der Waals surface area contributed by atoms with Crippen LogP contribution in [-0.4, -0.2) is 46.3 Å². The van der Waals surface area contributed by atoms with Crippen molar-refractivity contribution in [1.29, 1.82) is 0 Å². The number of benzene rings is 1. The number of nitrogens with zero attached hydrogens (tertiary/aromatic N) is 1. The van der Waals surface area contributed by atoms with Crippen molar-refractivity contribution in [2.45, 2.75) is 58.3 Å². The summed E-state index contributed by atoms with van der Waals surface area (Å²) in [6.45, 7) is 7.37. The Labute approximate surface area is 175 Å². The van der Waals surface area contributed by atoms with E-state index in [-0.39, 0.29) is 18.1 Å². The van der Waals surface area contributed by atoms with Crippen LogP contribution in [0.2, 0.25) is 0 Å². The molecule has 30 heavy (non-hydrogen) atoms. The third-order valence-corrected chi connectivity index (χ3v) is 5.20. The molecule has 1 aromatic carbocycles. The number of aromatic nitrogens is 1. The minimum absolute atomic E-state index is 0.0646. The van der Waals surface area contributed by atoms with E-state index < -0.39 is 17.4 Å². The zero-order chi connectivity index (χ0) is 22.1. The van der Waals surface area contributed by atoms with Gasteiger partial charge in [0.05, 0.1) is 29.8 Å². The fourth-order valence-corrected chi connectivity index (χ4v) is 3.68. The highest BCUT2D eigenvalue weighted by Gasteiger charge is 2.40. The van der Waals surface area contributed by atoms with Gasteiger partial charge in [-0.05, 0) is 57.7 Å². The molecule has 8 nitrogen and oxygen atoms in total. The average Bonchev–Trinajstić information content (AvgIpc) is 3.02. The van der Waals surface area contributed by atoms with Crippen molar-refractivity contribution in [1.82, 2.24) is 10.3 Å². The van der Waals surface area contributed by atoms with Gasteiger partial charge in [-0.15, -0.1) is 0 Å². The molecule has 2 heterocycles. The van der Waals surface area contributed by atoms with Crippen LogP contribution in [0.5, 0.6) is 11.6 Å². The second-order valence-corrected chi connectivity index (χ2v) is 8.50. The number of pyridine rings is 1. The van der Waals surface area contributed by atoms with Crippen molar-refractivity contribution in [2.24, 2.45) is 11.7 Å². The Morgan fingerprint density at radius 2 is 2.13 bits per heavy atom. The van der Waals surface area contributed by atoms with Crippen molar-refractivity contribution >= 4 is 22.6 Å². The Hall–Kier alpha value is -2.87. The summed E-state index contributed by atoms with van der Waals surface area (Å²) < 4.78 is 11.7. The van der Waals surface area contributed by atoms with E-state index in [1.54, 1.807) is 38.2 Å². The lowest BCUT2D eigenvalue weighted by Gasteiger charge is -2.22. The third kappa shape index (κ3) is 4.81. The molecule has 4 N–H and O–H groups in total. The Kier molecular flexibility index (Phi) is 6.17. The fourth-order valence-electron chi connectivity index (χ4n) is 3.68. The van der Waals surface area contributed by atoms with Crippen molar-refractivity contribution in [3.8, 4) is 11.6 Å². The summed E-state index contributed by atoms with van der Waals surface area (Å²) in [6.07, 6.45) is 2.62. The Morgan fingerprint density at radius 1 is 1.40 bits per heavy atom. The van der Waals surface area contributed by atoms with Gasteiger partial charge in [0, 0.05) is 24.0 Å². The van der Waals surface area contributed by atoms with Gasteiger partial charge in [0.25, 0.3) is 5.91 Å². The number of hydrogen-bond acceptors (Lipinski definition) is 6. The molecule has 0 unspecified atom stereocenters. The van der Waals surface area contributed by atoms with Crippen molar-refractivity contribution in [3.05, 3.63) is 30.0 Å². The first-order chi connectivity index (χ1) is 14.1. The second-order valence-electron chi connectivity index (χ2n) is 8.50. The number of carbonyl (C=O) groups is 2. The molecule has 0 spiro atoms. The molecule has 1 fully saturated rings. The molecule has 162 valence electrons. The first-order valence-electron chi connectivity index (χ1n) is 10.1. The maximum absolute atomic E-state index is 12.1. The van der Waals surface area contributed by atoms with Crippen molar-refractivity contribution in [2.75, 3.05) is 6.61 Å². The van der Waals surface area contributed by atoms with Crippen LogP contribution in [0, 0.1) is 5.92 Å². The van der Waals surface area contributed by atoms with E-state index >= 15 is 0 Å². The topological polar surface area (TPSA) is 124 Å². The molecule has 0 radical (unpaired) electrons. The highest BCUT2D eigenvalue weighted by atomic mass is 16.5. The number of ether oxygens (including phenoxy) is 2. The van der Waals surface area contributed by atoms with Gasteiger partial charge in [-0.1, -0.05) is 0 Å². The number of aliphatic hydroxyl groups is 1. The number of primary amides is 1. The number of carbonyl (C=O) groups excluding carboxylic acids is 2. The predicted octanol–water partition coefficient (Wildman–Crippen LogP) is 2.17. The fraction of sp³-hybridized carbons (Fsp3) is 0.500. The molecule has 2 amide bonds. The lowest BCUT2D eigenvalue weighted by Crippen LogP contribution is -2.36.